The van der Waals surface area contributed by atoms with Crippen molar-refractivity contribution in [1.29, 1.82) is 0 Å². The van der Waals surface area contributed by atoms with Crippen LogP contribution in [0.3, 0.4) is 0 Å². The van der Waals surface area contributed by atoms with Crippen LogP contribution in [-0.4, -0.2) is 68.8 Å². The molecule has 0 aliphatic carbocycles. The molecule has 142 valence electrons. The highest BCUT2D eigenvalue weighted by Crippen LogP contribution is 2.42. The van der Waals surface area contributed by atoms with Gasteiger partial charge in [-0.3, -0.25) is 9.69 Å². The van der Waals surface area contributed by atoms with E-state index in [2.05, 4.69) is 28.8 Å². The maximum Gasteiger partial charge on any atom is 0.252 e. The molecule has 1 aromatic carbocycles. The second-order valence-electron chi connectivity index (χ2n) is 6.80. The van der Waals surface area contributed by atoms with E-state index < -0.39 is 0 Å². The van der Waals surface area contributed by atoms with Crippen LogP contribution in [0, 0.1) is 0 Å². The van der Waals surface area contributed by atoms with Crippen LogP contribution >= 0.6 is 0 Å². The summed E-state index contributed by atoms with van der Waals surface area (Å²) < 4.78 is 16.4. The summed E-state index contributed by atoms with van der Waals surface area (Å²) in [5.41, 5.74) is 1.30. The number of methoxy groups -OCH3 is 3. The van der Waals surface area contributed by atoms with Crippen LogP contribution in [0.2, 0.25) is 0 Å². The van der Waals surface area contributed by atoms with E-state index >= 15 is 0 Å². The van der Waals surface area contributed by atoms with Gasteiger partial charge < -0.3 is 24.1 Å². The number of nitrogens with one attached hydrogen (secondary N) is 1. The van der Waals surface area contributed by atoms with Gasteiger partial charge in [-0.2, -0.15) is 0 Å². The predicted octanol–water partition coefficient (Wildman–Crippen LogP) is 1.69. The number of piperazine rings is 1. The van der Waals surface area contributed by atoms with Gasteiger partial charge in [0.15, 0.2) is 11.5 Å². The zero-order valence-corrected chi connectivity index (χ0v) is 16.1. The summed E-state index contributed by atoms with van der Waals surface area (Å²) in [4.78, 5) is 20.2. The lowest BCUT2D eigenvalue weighted by molar-refractivity contribution is 0.0997. The molecule has 1 aliphatic rings. The Balaban J connectivity index is 2.02. The molecule has 0 amide bonds. The Hall–Kier alpha value is -2.25. The van der Waals surface area contributed by atoms with E-state index in [1.807, 2.05) is 6.07 Å². The summed E-state index contributed by atoms with van der Waals surface area (Å²) in [7, 11) is 6.85. The highest BCUT2D eigenvalue weighted by molar-refractivity contribution is 5.90. The van der Waals surface area contributed by atoms with Crippen LogP contribution in [0.5, 0.6) is 17.2 Å². The molecule has 7 nitrogen and oxygen atoms in total. The third-order valence-electron chi connectivity index (χ3n) is 5.16. The van der Waals surface area contributed by atoms with Gasteiger partial charge in [-0.1, -0.05) is 0 Å². The maximum absolute atomic E-state index is 12.6. The smallest absolute Gasteiger partial charge is 0.252 e. The second kappa shape index (κ2) is 7.55. The van der Waals surface area contributed by atoms with E-state index in [-0.39, 0.29) is 5.56 Å². The van der Waals surface area contributed by atoms with Crippen LogP contribution in [0.4, 0.5) is 0 Å². The van der Waals surface area contributed by atoms with Crippen molar-refractivity contribution in [2.24, 2.45) is 0 Å². The van der Waals surface area contributed by atoms with E-state index in [0.717, 1.165) is 30.6 Å². The first-order valence-corrected chi connectivity index (χ1v) is 8.76. The minimum absolute atomic E-state index is 0.0849. The van der Waals surface area contributed by atoms with Gasteiger partial charge in [0.2, 0.25) is 5.75 Å². The molecular weight excluding hydrogens is 334 g/mol. The topological polar surface area (TPSA) is 67.0 Å². The van der Waals surface area contributed by atoms with Gasteiger partial charge in [-0.15, -0.1) is 0 Å². The zero-order valence-electron chi connectivity index (χ0n) is 16.1. The fraction of sp³-hybridized carbons (Fsp3) is 0.526. The summed E-state index contributed by atoms with van der Waals surface area (Å²) >= 11 is 0. The molecule has 1 N–H and O–H groups in total. The van der Waals surface area contributed by atoms with E-state index in [1.165, 1.54) is 0 Å². The highest BCUT2D eigenvalue weighted by atomic mass is 16.5. The number of likely N-dealkylation sites (N-methyl/N-ethyl adjacent to an activating group) is 1. The normalized spacial score (nSPS) is 18.9. The van der Waals surface area contributed by atoms with Crippen LogP contribution < -0.4 is 19.8 Å². The van der Waals surface area contributed by atoms with Crippen molar-refractivity contribution in [3.63, 3.8) is 0 Å². The average molecular weight is 361 g/mol. The van der Waals surface area contributed by atoms with Crippen molar-refractivity contribution in [3.05, 3.63) is 28.0 Å². The van der Waals surface area contributed by atoms with Crippen LogP contribution in [0.25, 0.3) is 10.9 Å². The van der Waals surface area contributed by atoms with Crippen molar-refractivity contribution < 1.29 is 14.2 Å². The first-order valence-electron chi connectivity index (χ1n) is 8.76. The second-order valence-corrected chi connectivity index (χ2v) is 6.80. The van der Waals surface area contributed by atoms with Crippen molar-refractivity contribution in [2.75, 3.05) is 48.0 Å². The van der Waals surface area contributed by atoms with Gasteiger partial charge in [0, 0.05) is 49.2 Å². The van der Waals surface area contributed by atoms with Gasteiger partial charge in [0.1, 0.15) is 0 Å². The highest BCUT2D eigenvalue weighted by Gasteiger charge is 2.22. The fourth-order valence-electron chi connectivity index (χ4n) is 3.49. The Labute approximate surface area is 153 Å². The number of ether oxygens (including phenoxy) is 3. The molecule has 0 bridgehead atoms. The SMILES string of the molecule is COc1cc2[nH]c(=O)c(CN3CCN(C)[C@@H](C)C3)cc2c(OC)c1OC. The standard InChI is InChI=1S/C19H27N3O4/c1-12-10-22(7-6-21(12)2)11-13-8-14-15(20-19(13)23)9-16(24-3)18(26-5)17(14)25-4/h8-9,12H,6-7,10-11H2,1-5H3,(H,20,23)/t12-/m0/s1. The lowest BCUT2D eigenvalue weighted by atomic mass is 10.1. The number of H-pyrrole nitrogens is 1. The summed E-state index contributed by atoms with van der Waals surface area (Å²) in [6.45, 7) is 5.71. The summed E-state index contributed by atoms with van der Waals surface area (Å²) in [6, 6.07) is 4.14. The molecule has 26 heavy (non-hydrogen) atoms. The molecule has 1 fully saturated rings. The number of pyridine rings is 1. The van der Waals surface area contributed by atoms with Crippen molar-refractivity contribution >= 4 is 10.9 Å². The first-order chi connectivity index (χ1) is 12.5. The quantitative estimate of drug-likeness (QED) is 0.874. The molecule has 1 saturated heterocycles. The first kappa shape index (κ1) is 18.5. The number of rotatable bonds is 5. The number of benzene rings is 1. The Morgan fingerprint density at radius 1 is 1.12 bits per heavy atom. The average Bonchev–Trinajstić information content (AvgIpc) is 2.63. The molecule has 0 radical (unpaired) electrons. The number of hydrogen-bond donors (Lipinski definition) is 1. The molecule has 2 heterocycles. The monoisotopic (exact) mass is 361 g/mol. The minimum atomic E-state index is -0.0849. The summed E-state index contributed by atoms with van der Waals surface area (Å²) in [5.74, 6) is 1.60. The van der Waals surface area contributed by atoms with Crippen molar-refractivity contribution in [1.82, 2.24) is 14.8 Å². The Morgan fingerprint density at radius 2 is 1.85 bits per heavy atom. The van der Waals surface area contributed by atoms with Gasteiger partial charge in [0.25, 0.3) is 5.56 Å². The van der Waals surface area contributed by atoms with Crippen LogP contribution in [0.15, 0.2) is 16.9 Å². The number of hydrogen-bond acceptors (Lipinski definition) is 6. The van der Waals surface area contributed by atoms with Gasteiger partial charge in [-0.05, 0) is 20.0 Å². The Morgan fingerprint density at radius 3 is 2.46 bits per heavy atom. The third kappa shape index (κ3) is 3.37. The molecule has 0 unspecified atom stereocenters. The number of aromatic amines is 1. The molecule has 2 aromatic rings. The Bertz CT molecular complexity index is 849. The molecular formula is C19H27N3O4. The largest absolute Gasteiger partial charge is 0.493 e. The fourth-order valence-corrected chi connectivity index (χ4v) is 3.49. The van der Waals surface area contributed by atoms with E-state index in [0.29, 0.717) is 35.4 Å². The van der Waals surface area contributed by atoms with E-state index in [9.17, 15) is 4.79 Å². The van der Waals surface area contributed by atoms with Crippen molar-refractivity contribution in [2.45, 2.75) is 19.5 Å². The van der Waals surface area contributed by atoms with Gasteiger partial charge in [0.05, 0.1) is 26.8 Å². The molecule has 3 rings (SSSR count). The molecule has 0 spiro atoms. The predicted molar refractivity (Wildman–Crippen MR) is 102 cm³/mol. The van der Waals surface area contributed by atoms with Crippen molar-refractivity contribution in [3.8, 4) is 17.2 Å². The number of aromatic nitrogens is 1. The zero-order chi connectivity index (χ0) is 18.8. The minimum Gasteiger partial charge on any atom is -0.493 e. The van der Waals surface area contributed by atoms with Crippen LogP contribution in [0.1, 0.15) is 12.5 Å². The lowest BCUT2D eigenvalue weighted by Gasteiger charge is -2.37. The third-order valence-corrected chi connectivity index (χ3v) is 5.16. The van der Waals surface area contributed by atoms with Crippen LogP contribution in [-0.2, 0) is 6.54 Å². The van der Waals surface area contributed by atoms with Gasteiger partial charge in [-0.25, -0.2) is 0 Å². The lowest BCUT2D eigenvalue weighted by Crippen LogP contribution is -2.49. The molecule has 7 heteroatoms. The van der Waals surface area contributed by atoms with E-state index in [1.54, 1.807) is 27.4 Å². The Kier molecular flexibility index (Phi) is 5.38. The molecule has 0 saturated carbocycles. The maximum atomic E-state index is 12.6. The number of nitrogens with zero attached hydrogens (tertiary/aromatic N) is 2. The molecule has 1 aliphatic heterocycles. The summed E-state index contributed by atoms with van der Waals surface area (Å²) in [6.07, 6.45) is 0. The summed E-state index contributed by atoms with van der Waals surface area (Å²) in [5, 5.41) is 0.807. The molecule has 1 aromatic heterocycles. The molecule has 1 atom stereocenters. The number of fused-ring (bicyclic) bond motifs is 1. The van der Waals surface area contributed by atoms with E-state index in [4.69, 9.17) is 14.2 Å². The van der Waals surface area contributed by atoms with Gasteiger partial charge >= 0.3 is 0 Å².